The van der Waals surface area contributed by atoms with Crippen molar-refractivity contribution in [2.75, 3.05) is 13.2 Å². The van der Waals surface area contributed by atoms with Crippen LogP contribution in [-0.4, -0.2) is 26.7 Å². The highest BCUT2D eigenvalue weighted by Crippen LogP contribution is 2.13. The molecule has 1 aromatic carbocycles. The fourth-order valence-electron chi connectivity index (χ4n) is 0.980. The molecule has 0 spiro atoms. The van der Waals surface area contributed by atoms with Crippen LogP contribution in [0.5, 0.6) is 0 Å². The molecule has 0 radical (unpaired) electrons. The lowest BCUT2D eigenvalue weighted by Crippen LogP contribution is -2.10. The molecular weight excluding hydrogens is 228 g/mol. The predicted molar refractivity (Wildman–Crippen MR) is 60.5 cm³/mol. The molecule has 0 heterocycles. The molecule has 1 N–H and O–H groups in total. The van der Waals surface area contributed by atoms with Gasteiger partial charge in [0, 0.05) is 0 Å². The summed E-state index contributed by atoms with van der Waals surface area (Å²) >= 11 is 0. The third-order valence-corrected chi connectivity index (χ3v) is 3.23. The summed E-state index contributed by atoms with van der Waals surface area (Å²) in [6.07, 6.45) is 0. The number of aryl methyl sites for hydroxylation is 1. The van der Waals surface area contributed by atoms with Crippen molar-refractivity contribution < 1.29 is 17.7 Å². The number of benzene rings is 1. The van der Waals surface area contributed by atoms with Gasteiger partial charge in [-0.2, -0.15) is 8.42 Å². The van der Waals surface area contributed by atoms with Gasteiger partial charge < -0.3 is 5.11 Å². The van der Waals surface area contributed by atoms with E-state index >= 15 is 0 Å². The average Bonchev–Trinajstić information content (AvgIpc) is 2.26. The second-order valence-electron chi connectivity index (χ2n) is 3.44. The molecule has 0 amide bonds. The van der Waals surface area contributed by atoms with Crippen LogP contribution in [0.1, 0.15) is 5.56 Å². The van der Waals surface area contributed by atoms with Crippen LogP contribution in [-0.2, 0) is 14.3 Å². The lowest BCUT2D eigenvalue weighted by molar-refractivity contribution is 0.290. The van der Waals surface area contributed by atoms with Gasteiger partial charge in [0.15, 0.2) is 0 Å². The van der Waals surface area contributed by atoms with Crippen molar-refractivity contribution in [3.63, 3.8) is 0 Å². The van der Waals surface area contributed by atoms with E-state index in [-0.39, 0.29) is 18.1 Å². The van der Waals surface area contributed by atoms with Crippen molar-refractivity contribution in [3.8, 4) is 0 Å². The summed E-state index contributed by atoms with van der Waals surface area (Å²) in [7, 11) is -3.75. The number of aliphatic hydroxyl groups is 1. The number of hydrogen-bond donors (Lipinski definition) is 1. The summed E-state index contributed by atoms with van der Waals surface area (Å²) in [6, 6.07) is 6.34. The van der Waals surface area contributed by atoms with Crippen LogP contribution in [0.3, 0.4) is 0 Å². The Morgan fingerprint density at radius 2 is 1.94 bits per heavy atom. The molecule has 0 aliphatic rings. The highest BCUT2D eigenvalue weighted by atomic mass is 32.2. The van der Waals surface area contributed by atoms with Crippen LogP contribution in [0.2, 0.25) is 0 Å². The Bertz CT molecular complexity index is 459. The van der Waals surface area contributed by atoms with Crippen LogP contribution in [0.4, 0.5) is 0 Å². The van der Waals surface area contributed by atoms with E-state index in [1.54, 1.807) is 12.1 Å². The lowest BCUT2D eigenvalue weighted by atomic mass is 10.2. The minimum atomic E-state index is -3.75. The van der Waals surface area contributed by atoms with E-state index in [1.165, 1.54) is 12.1 Å². The van der Waals surface area contributed by atoms with Crippen molar-refractivity contribution >= 4 is 10.1 Å². The molecule has 0 aromatic heterocycles. The molecule has 5 heteroatoms. The van der Waals surface area contributed by atoms with E-state index in [2.05, 4.69) is 6.58 Å². The summed E-state index contributed by atoms with van der Waals surface area (Å²) < 4.78 is 28.0. The van der Waals surface area contributed by atoms with Gasteiger partial charge in [-0.1, -0.05) is 24.3 Å². The van der Waals surface area contributed by atoms with Crippen LogP contribution >= 0.6 is 0 Å². The maximum absolute atomic E-state index is 11.6. The van der Waals surface area contributed by atoms with Crippen LogP contribution in [0, 0.1) is 6.92 Å². The second-order valence-corrected chi connectivity index (χ2v) is 5.05. The summed E-state index contributed by atoms with van der Waals surface area (Å²) in [5, 5.41) is 8.66. The highest BCUT2D eigenvalue weighted by Gasteiger charge is 2.14. The van der Waals surface area contributed by atoms with Gasteiger partial charge in [-0.25, -0.2) is 0 Å². The maximum atomic E-state index is 11.6. The molecule has 0 atom stereocenters. The van der Waals surface area contributed by atoms with E-state index in [4.69, 9.17) is 9.29 Å². The molecule has 0 saturated carbocycles. The molecule has 16 heavy (non-hydrogen) atoms. The normalized spacial score (nSPS) is 11.4. The molecule has 4 nitrogen and oxygen atoms in total. The van der Waals surface area contributed by atoms with Gasteiger partial charge in [-0.15, -0.1) is 0 Å². The largest absolute Gasteiger partial charge is 0.392 e. The maximum Gasteiger partial charge on any atom is 0.297 e. The van der Waals surface area contributed by atoms with Gasteiger partial charge in [-0.05, 0) is 24.6 Å². The van der Waals surface area contributed by atoms with Crippen molar-refractivity contribution in [3.05, 3.63) is 42.0 Å². The molecular formula is C11H14O4S. The molecule has 0 bridgehead atoms. The Balaban J connectivity index is 2.78. The van der Waals surface area contributed by atoms with Gasteiger partial charge >= 0.3 is 0 Å². The van der Waals surface area contributed by atoms with E-state index < -0.39 is 10.1 Å². The summed E-state index contributed by atoms with van der Waals surface area (Å²) in [5.41, 5.74) is 1.29. The van der Waals surface area contributed by atoms with E-state index in [9.17, 15) is 8.42 Å². The van der Waals surface area contributed by atoms with Crippen LogP contribution in [0.25, 0.3) is 0 Å². The fourth-order valence-corrected chi connectivity index (χ4v) is 1.91. The second kappa shape index (κ2) is 5.25. The van der Waals surface area contributed by atoms with Crippen LogP contribution < -0.4 is 0 Å². The minimum absolute atomic E-state index is 0.101. The topological polar surface area (TPSA) is 63.6 Å². The summed E-state index contributed by atoms with van der Waals surface area (Å²) in [6.45, 7) is 4.82. The smallest absolute Gasteiger partial charge is 0.297 e. The Morgan fingerprint density at radius 1 is 1.38 bits per heavy atom. The molecule has 0 saturated heterocycles. The van der Waals surface area contributed by atoms with Crippen molar-refractivity contribution in [2.24, 2.45) is 0 Å². The quantitative estimate of drug-likeness (QED) is 0.623. The highest BCUT2D eigenvalue weighted by molar-refractivity contribution is 7.86. The molecule has 0 fully saturated rings. The average molecular weight is 242 g/mol. The number of aliphatic hydroxyl groups excluding tert-OH is 1. The van der Waals surface area contributed by atoms with Gasteiger partial charge in [0.2, 0.25) is 0 Å². The number of hydrogen-bond acceptors (Lipinski definition) is 4. The third-order valence-electron chi connectivity index (χ3n) is 1.95. The molecule has 1 aromatic rings. The third kappa shape index (κ3) is 3.44. The van der Waals surface area contributed by atoms with Crippen molar-refractivity contribution in [1.82, 2.24) is 0 Å². The molecule has 0 aliphatic carbocycles. The molecule has 1 rings (SSSR count). The molecule has 0 unspecified atom stereocenters. The van der Waals surface area contributed by atoms with E-state index in [0.717, 1.165) is 5.56 Å². The Labute approximate surface area is 95.3 Å². The molecule has 0 aliphatic heterocycles. The first-order valence-corrected chi connectivity index (χ1v) is 6.10. The zero-order chi connectivity index (χ0) is 12.2. The van der Waals surface area contributed by atoms with Gasteiger partial charge in [0.25, 0.3) is 10.1 Å². The van der Waals surface area contributed by atoms with Gasteiger partial charge in [0.05, 0.1) is 18.1 Å². The van der Waals surface area contributed by atoms with Crippen molar-refractivity contribution in [1.29, 1.82) is 0 Å². The minimum Gasteiger partial charge on any atom is -0.392 e. The Hall–Kier alpha value is -1.17. The Kier molecular flexibility index (Phi) is 4.23. The van der Waals surface area contributed by atoms with E-state index in [0.29, 0.717) is 5.57 Å². The lowest BCUT2D eigenvalue weighted by Gasteiger charge is -2.06. The van der Waals surface area contributed by atoms with Crippen molar-refractivity contribution in [2.45, 2.75) is 11.8 Å². The fraction of sp³-hybridized carbons (Fsp3) is 0.273. The van der Waals surface area contributed by atoms with Gasteiger partial charge in [0.1, 0.15) is 0 Å². The standard InChI is InChI=1S/C11H14O4S/c1-9-3-5-11(6-4-9)16(13,14)15-8-10(2)7-12/h3-6,12H,2,7-8H2,1H3. The van der Waals surface area contributed by atoms with Gasteiger partial charge in [-0.3, -0.25) is 4.18 Å². The van der Waals surface area contributed by atoms with E-state index in [1.807, 2.05) is 6.92 Å². The first-order chi connectivity index (χ1) is 7.45. The first kappa shape index (κ1) is 12.9. The Morgan fingerprint density at radius 3 is 2.44 bits per heavy atom. The zero-order valence-corrected chi connectivity index (χ0v) is 9.83. The summed E-state index contributed by atoms with van der Waals surface area (Å²) in [5.74, 6) is 0. The SMILES string of the molecule is C=C(CO)COS(=O)(=O)c1ccc(C)cc1. The summed E-state index contributed by atoms with van der Waals surface area (Å²) in [4.78, 5) is 0.101. The zero-order valence-electron chi connectivity index (χ0n) is 9.01. The molecule has 88 valence electrons. The number of rotatable bonds is 5. The monoisotopic (exact) mass is 242 g/mol. The van der Waals surface area contributed by atoms with Crippen LogP contribution in [0.15, 0.2) is 41.3 Å². The first-order valence-electron chi connectivity index (χ1n) is 4.69. The predicted octanol–water partition coefficient (Wildman–Crippen LogP) is 1.25.